The number of ether oxygens (including phenoxy) is 1. The molecule has 4 rings (SSSR count). The monoisotopic (exact) mass is 393 g/mol. The summed E-state index contributed by atoms with van der Waals surface area (Å²) in [5.74, 6) is -0.338. The predicted molar refractivity (Wildman–Crippen MR) is 111 cm³/mol. The number of aliphatic carboxylic acids is 1. The van der Waals surface area contributed by atoms with E-state index in [1.54, 1.807) is 0 Å². The molecule has 152 valence electrons. The van der Waals surface area contributed by atoms with Gasteiger partial charge in [0, 0.05) is 5.92 Å². The van der Waals surface area contributed by atoms with Crippen LogP contribution in [0.1, 0.15) is 56.1 Å². The van der Waals surface area contributed by atoms with E-state index in [-0.39, 0.29) is 18.9 Å². The molecule has 0 radical (unpaired) electrons. The second kappa shape index (κ2) is 7.90. The van der Waals surface area contributed by atoms with Crippen molar-refractivity contribution in [3.63, 3.8) is 0 Å². The molecule has 1 amide bonds. The molecule has 0 heterocycles. The van der Waals surface area contributed by atoms with Crippen LogP contribution in [0.3, 0.4) is 0 Å². The van der Waals surface area contributed by atoms with Crippen LogP contribution in [0.25, 0.3) is 11.1 Å². The van der Waals surface area contributed by atoms with Gasteiger partial charge in [-0.2, -0.15) is 0 Å². The summed E-state index contributed by atoms with van der Waals surface area (Å²) in [6.07, 6.45) is 2.58. The minimum Gasteiger partial charge on any atom is -0.481 e. The first-order chi connectivity index (χ1) is 14.0. The molecule has 1 saturated carbocycles. The lowest BCUT2D eigenvalue weighted by atomic mass is 9.75. The Morgan fingerprint density at radius 3 is 2.14 bits per heavy atom. The van der Waals surface area contributed by atoms with Gasteiger partial charge >= 0.3 is 12.1 Å². The van der Waals surface area contributed by atoms with Crippen LogP contribution in [-0.2, 0) is 9.53 Å². The van der Waals surface area contributed by atoms with Gasteiger partial charge in [0.25, 0.3) is 0 Å². The van der Waals surface area contributed by atoms with Gasteiger partial charge in [0.15, 0.2) is 0 Å². The first-order valence-electron chi connectivity index (χ1n) is 10.3. The van der Waals surface area contributed by atoms with Crippen LogP contribution in [0.15, 0.2) is 48.5 Å². The summed E-state index contributed by atoms with van der Waals surface area (Å²) in [5.41, 5.74) is 3.98. The minimum atomic E-state index is -0.890. The third kappa shape index (κ3) is 4.00. The molecule has 5 nitrogen and oxygen atoms in total. The van der Waals surface area contributed by atoms with Gasteiger partial charge in [-0.25, -0.2) is 4.79 Å². The SMILES string of the molecule is CC1CCC(CC(=O)O)(NC(=O)OCC2c3ccccc3-c3ccccc32)CC1. The van der Waals surface area contributed by atoms with Crippen molar-refractivity contribution >= 4 is 12.1 Å². The maximum Gasteiger partial charge on any atom is 0.407 e. The highest BCUT2D eigenvalue weighted by atomic mass is 16.5. The number of rotatable bonds is 5. The van der Waals surface area contributed by atoms with E-state index in [4.69, 9.17) is 4.74 Å². The van der Waals surface area contributed by atoms with Crippen LogP contribution < -0.4 is 5.32 Å². The van der Waals surface area contributed by atoms with Crippen molar-refractivity contribution in [1.29, 1.82) is 0 Å². The van der Waals surface area contributed by atoms with E-state index in [0.717, 1.165) is 24.0 Å². The molecule has 1 fully saturated rings. The van der Waals surface area contributed by atoms with E-state index < -0.39 is 17.6 Å². The van der Waals surface area contributed by atoms with Crippen molar-refractivity contribution in [3.8, 4) is 11.1 Å². The number of carboxylic acids is 1. The van der Waals surface area contributed by atoms with Gasteiger partial charge in [-0.05, 0) is 53.9 Å². The quantitative estimate of drug-likeness (QED) is 0.754. The number of nitrogens with one attached hydrogen (secondary N) is 1. The minimum absolute atomic E-state index is 0.00467. The molecule has 2 N–H and O–H groups in total. The van der Waals surface area contributed by atoms with Crippen LogP contribution in [0.2, 0.25) is 0 Å². The zero-order valence-corrected chi connectivity index (χ0v) is 16.7. The number of fused-ring (bicyclic) bond motifs is 3. The summed E-state index contributed by atoms with van der Waals surface area (Å²) >= 11 is 0. The van der Waals surface area contributed by atoms with E-state index in [9.17, 15) is 14.7 Å². The van der Waals surface area contributed by atoms with E-state index in [2.05, 4.69) is 36.5 Å². The predicted octanol–water partition coefficient (Wildman–Crippen LogP) is 4.95. The molecule has 0 saturated heterocycles. The molecule has 0 aromatic heterocycles. The molecule has 2 aliphatic rings. The zero-order valence-electron chi connectivity index (χ0n) is 16.7. The average Bonchev–Trinajstić information content (AvgIpc) is 3.02. The number of carboxylic acid groups (broad SMARTS) is 1. The fourth-order valence-electron chi connectivity index (χ4n) is 4.80. The molecule has 0 bridgehead atoms. The van der Waals surface area contributed by atoms with Gasteiger partial charge in [-0.3, -0.25) is 4.79 Å². The summed E-state index contributed by atoms with van der Waals surface area (Å²) in [6, 6.07) is 16.4. The Labute approximate surface area is 171 Å². The lowest BCUT2D eigenvalue weighted by Gasteiger charge is -2.38. The van der Waals surface area contributed by atoms with E-state index in [0.29, 0.717) is 18.8 Å². The molecule has 5 heteroatoms. The van der Waals surface area contributed by atoms with Crippen LogP contribution >= 0.6 is 0 Å². The van der Waals surface area contributed by atoms with Gasteiger partial charge < -0.3 is 15.2 Å². The Hall–Kier alpha value is -2.82. The second-order valence-corrected chi connectivity index (χ2v) is 8.48. The molecule has 0 unspecified atom stereocenters. The third-order valence-electron chi connectivity index (χ3n) is 6.43. The fraction of sp³-hybridized carbons (Fsp3) is 0.417. The smallest absolute Gasteiger partial charge is 0.407 e. The van der Waals surface area contributed by atoms with Crippen LogP contribution in [0.4, 0.5) is 4.79 Å². The van der Waals surface area contributed by atoms with Gasteiger partial charge in [0.2, 0.25) is 0 Å². The topological polar surface area (TPSA) is 75.6 Å². The number of carbonyl (C=O) groups is 2. The number of hydrogen-bond acceptors (Lipinski definition) is 3. The van der Waals surface area contributed by atoms with Crippen molar-refractivity contribution in [2.75, 3.05) is 6.61 Å². The Kier molecular flexibility index (Phi) is 5.31. The number of benzene rings is 2. The van der Waals surface area contributed by atoms with E-state index >= 15 is 0 Å². The normalized spacial score (nSPS) is 23.1. The van der Waals surface area contributed by atoms with Gasteiger partial charge in [-0.1, -0.05) is 55.5 Å². The Bertz CT molecular complexity index is 869. The van der Waals surface area contributed by atoms with Crippen LogP contribution in [0.5, 0.6) is 0 Å². The van der Waals surface area contributed by atoms with Crippen molar-refractivity contribution in [2.24, 2.45) is 5.92 Å². The molecule has 2 aliphatic carbocycles. The largest absolute Gasteiger partial charge is 0.481 e. The number of amides is 1. The first kappa shape index (κ1) is 19.5. The lowest BCUT2D eigenvalue weighted by Crippen LogP contribution is -2.52. The van der Waals surface area contributed by atoms with Gasteiger partial charge in [0.1, 0.15) is 6.61 Å². The zero-order chi connectivity index (χ0) is 20.4. The Balaban J connectivity index is 1.46. The standard InChI is InChI=1S/C24H27NO4/c1-16-10-12-24(13-11-16,14-22(26)27)25-23(28)29-15-21-19-8-4-2-6-17(19)18-7-3-5-9-20(18)21/h2-9,16,21H,10-15H2,1H3,(H,25,28)(H,26,27). The number of hydrogen-bond donors (Lipinski definition) is 2. The van der Waals surface area contributed by atoms with Crippen molar-refractivity contribution in [3.05, 3.63) is 59.7 Å². The van der Waals surface area contributed by atoms with Crippen molar-refractivity contribution < 1.29 is 19.4 Å². The van der Waals surface area contributed by atoms with Crippen molar-refractivity contribution in [1.82, 2.24) is 5.32 Å². The maximum atomic E-state index is 12.6. The third-order valence-corrected chi connectivity index (χ3v) is 6.43. The number of carbonyl (C=O) groups excluding carboxylic acids is 1. The molecule has 0 aliphatic heterocycles. The molecule has 0 spiro atoms. The number of alkyl carbamates (subject to hydrolysis) is 1. The summed E-state index contributed by atoms with van der Waals surface area (Å²) in [4.78, 5) is 24.0. The van der Waals surface area contributed by atoms with E-state index in [1.165, 1.54) is 11.1 Å². The molecule has 29 heavy (non-hydrogen) atoms. The van der Waals surface area contributed by atoms with Gasteiger partial charge in [0.05, 0.1) is 12.0 Å². The van der Waals surface area contributed by atoms with Crippen LogP contribution in [-0.4, -0.2) is 29.3 Å². The summed E-state index contributed by atoms with van der Waals surface area (Å²) < 4.78 is 5.63. The Morgan fingerprint density at radius 2 is 1.59 bits per heavy atom. The highest BCUT2D eigenvalue weighted by molar-refractivity contribution is 5.79. The van der Waals surface area contributed by atoms with E-state index in [1.807, 2.05) is 24.3 Å². The van der Waals surface area contributed by atoms with Crippen LogP contribution in [0, 0.1) is 5.92 Å². The second-order valence-electron chi connectivity index (χ2n) is 8.48. The molecule has 2 aromatic rings. The summed E-state index contributed by atoms with van der Waals surface area (Å²) in [5, 5.41) is 12.3. The lowest BCUT2D eigenvalue weighted by molar-refractivity contribution is -0.139. The molecular formula is C24H27NO4. The highest BCUT2D eigenvalue weighted by Crippen LogP contribution is 2.44. The maximum absolute atomic E-state index is 12.6. The fourth-order valence-corrected chi connectivity index (χ4v) is 4.80. The highest BCUT2D eigenvalue weighted by Gasteiger charge is 2.38. The summed E-state index contributed by atoms with van der Waals surface area (Å²) in [6.45, 7) is 2.40. The van der Waals surface area contributed by atoms with Crippen molar-refractivity contribution in [2.45, 2.75) is 50.5 Å². The molecule has 0 atom stereocenters. The Morgan fingerprint density at radius 1 is 1.03 bits per heavy atom. The molecule has 2 aromatic carbocycles. The van der Waals surface area contributed by atoms with Gasteiger partial charge in [-0.15, -0.1) is 0 Å². The summed E-state index contributed by atoms with van der Waals surface area (Å²) in [7, 11) is 0. The average molecular weight is 393 g/mol. The first-order valence-corrected chi connectivity index (χ1v) is 10.3. The molecular weight excluding hydrogens is 366 g/mol.